The lowest BCUT2D eigenvalue weighted by Crippen LogP contribution is -2.53. The molecule has 0 unspecified atom stereocenters. The largest absolute Gasteiger partial charge is 0.457 e. The molecule has 4 aliphatic rings. The summed E-state index contributed by atoms with van der Waals surface area (Å²) in [5.41, 5.74) is 20.8. The molecule has 416 valence electrons. The Kier molecular flexibility index (Phi) is 19.1. The summed E-state index contributed by atoms with van der Waals surface area (Å²) in [5.74, 6) is 5.35. The number of hydrogen-bond donors (Lipinski definition) is 5. The Balaban J connectivity index is 0.000000142. The van der Waals surface area contributed by atoms with Crippen molar-refractivity contribution >= 4 is 28.8 Å². The lowest BCUT2D eigenvalue weighted by atomic mass is 9.87. The summed E-state index contributed by atoms with van der Waals surface area (Å²) < 4.78 is 21.2. The first-order valence-electron chi connectivity index (χ1n) is 28.4. The summed E-state index contributed by atoms with van der Waals surface area (Å²) in [6.45, 7) is 15.7. The molecule has 79 heavy (non-hydrogen) atoms. The Morgan fingerprint density at radius 2 is 1.01 bits per heavy atom. The second kappa shape index (κ2) is 26.9. The van der Waals surface area contributed by atoms with Gasteiger partial charge >= 0.3 is 6.09 Å². The summed E-state index contributed by atoms with van der Waals surface area (Å²) in [6.07, 6.45) is 15.5. The highest BCUT2D eigenvalue weighted by Crippen LogP contribution is 2.41. The number of carbonyl (C=O) groups is 1. The molecule has 4 fully saturated rings. The van der Waals surface area contributed by atoms with E-state index in [-0.39, 0.29) is 12.1 Å². The van der Waals surface area contributed by atoms with E-state index >= 15 is 0 Å². The molecule has 12 rings (SSSR count). The maximum atomic E-state index is 11.7. The third kappa shape index (κ3) is 15.0. The standard InChI is InChI=1S/2C24H24N4O.C10H20N2O2.C5H12N2/c2*25-24-23-21(15-22(28(23)27-16-26-24)18-7-3-1-4-8-18)17-11-13-20(14-12-17)29-19-9-5-2-6-10-19;1-8-7-11-5-6-12(8)9(13)14-10(2,3)4;1-5-4-6-2-3-7-5/h2*2,5-6,9-16,18H,1,3-4,7-8H2,(H2,25,26,27);8,11H,5-7H2,1-4H3;5-7H,2-4H2,1H3/t;;8-;5-/m..00/s1. The van der Waals surface area contributed by atoms with Gasteiger partial charge in [-0.1, -0.05) is 99.2 Å². The molecule has 2 aliphatic carbocycles. The number of amides is 1. The molecule has 2 saturated carbocycles. The zero-order valence-electron chi connectivity index (χ0n) is 46.7. The van der Waals surface area contributed by atoms with Crippen molar-refractivity contribution in [1.29, 1.82) is 0 Å². The van der Waals surface area contributed by atoms with Gasteiger partial charge in [-0.25, -0.2) is 23.8 Å². The van der Waals surface area contributed by atoms with Gasteiger partial charge in [-0.05, 0) is 132 Å². The Morgan fingerprint density at radius 1 is 0.570 bits per heavy atom. The Morgan fingerprint density at radius 3 is 1.41 bits per heavy atom. The van der Waals surface area contributed by atoms with Crippen molar-refractivity contribution < 1.29 is 19.0 Å². The molecule has 16 heteroatoms. The SMILES string of the molecule is C[C@H]1CNCCN1.C[C@H]1CNCCN1C(=O)OC(C)(C)C.Nc1ncnn2c(C3CCCCC3)cc(-c3ccc(Oc4ccccc4)cc3)c12.Nc1ncnn2c(C3CCCCC3)cc(-c3ccc(Oc4ccccc4)cc3)c12. The number of hydrogen-bond acceptors (Lipinski definition) is 13. The third-order valence-corrected chi connectivity index (χ3v) is 14.9. The number of para-hydroxylation sites is 2. The van der Waals surface area contributed by atoms with E-state index in [0.29, 0.717) is 29.5 Å². The van der Waals surface area contributed by atoms with Crippen LogP contribution >= 0.6 is 0 Å². The summed E-state index contributed by atoms with van der Waals surface area (Å²) >= 11 is 0. The van der Waals surface area contributed by atoms with Gasteiger partial charge in [0.2, 0.25) is 0 Å². The van der Waals surface area contributed by atoms with Gasteiger partial charge in [-0.15, -0.1) is 0 Å². The lowest BCUT2D eigenvalue weighted by Gasteiger charge is -2.35. The average molecular weight is 1070 g/mol. The van der Waals surface area contributed by atoms with E-state index in [9.17, 15) is 4.79 Å². The minimum absolute atomic E-state index is 0.202. The number of benzene rings is 4. The second-order valence-corrected chi connectivity index (χ2v) is 22.1. The molecule has 0 radical (unpaired) electrons. The normalized spacial score (nSPS) is 18.0. The molecule has 2 atom stereocenters. The van der Waals surface area contributed by atoms with E-state index in [4.69, 9.17) is 25.7 Å². The summed E-state index contributed by atoms with van der Waals surface area (Å²) in [6, 6.07) is 41.3. The monoisotopic (exact) mass is 1070 g/mol. The number of carbonyl (C=O) groups excluding carboxylic acids is 1. The first-order valence-corrected chi connectivity index (χ1v) is 28.4. The summed E-state index contributed by atoms with van der Waals surface area (Å²) in [4.78, 5) is 22.0. The number of nitrogens with two attached hydrogens (primary N) is 2. The molecule has 4 aromatic carbocycles. The van der Waals surface area contributed by atoms with Crippen molar-refractivity contribution in [3.8, 4) is 45.3 Å². The van der Waals surface area contributed by atoms with Gasteiger partial charge in [0, 0.05) is 85.7 Å². The maximum Gasteiger partial charge on any atom is 0.410 e. The molecule has 4 aromatic heterocycles. The minimum Gasteiger partial charge on any atom is -0.457 e. The van der Waals surface area contributed by atoms with Crippen LogP contribution in [-0.2, 0) is 4.74 Å². The summed E-state index contributed by atoms with van der Waals surface area (Å²) in [7, 11) is 0. The van der Waals surface area contributed by atoms with Crippen molar-refractivity contribution in [3.05, 3.63) is 145 Å². The molecule has 2 saturated heterocycles. The molecule has 8 aromatic rings. The predicted octanol–water partition coefficient (Wildman–Crippen LogP) is 12.4. The molecule has 0 bridgehead atoms. The van der Waals surface area contributed by atoms with Gasteiger partial charge in [0.15, 0.2) is 11.6 Å². The highest BCUT2D eigenvalue weighted by Gasteiger charge is 2.28. The molecule has 2 aliphatic heterocycles. The number of ether oxygens (including phenoxy) is 3. The zero-order valence-corrected chi connectivity index (χ0v) is 46.7. The van der Waals surface area contributed by atoms with Gasteiger partial charge in [-0.3, -0.25) is 0 Å². The van der Waals surface area contributed by atoms with Crippen LogP contribution in [0, 0.1) is 0 Å². The number of piperazine rings is 2. The molecule has 0 spiro atoms. The van der Waals surface area contributed by atoms with Crippen LogP contribution in [0.25, 0.3) is 33.3 Å². The van der Waals surface area contributed by atoms with Crippen LogP contribution < -0.4 is 36.9 Å². The molecular formula is C63H80N12O4. The fourth-order valence-electron chi connectivity index (χ4n) is 10.9. The van der Waals surface area contributed by atoms with E-state index < -0.39 is 5.60 Å². The van der Waals surface area contributed by atoms with Crippen LogP contribution in [-0.4, -0.2) is 97.1 Å². The summed E-state index contributed by atoms with van der Waals surface area (Å²) in [5, 5.41) is 18.9. The van der Waals surface area contributed by atoms with Crippen molar-refractivity contribution in [2.24, 2.45) is 0 Å². The Hall–Kier alpha value is -7.53. The first-order chi connectivity index (χ1) is 38.4. The number of aromatic nitrogens is 6. The van der Waals surface area contributed by atoms with E-state index in [0.717, 1.165) is 95.6 Å². The van der Waals surface area contributed by atoms with E-state index in [2.05, 4.69) is 79.4 Å². The first kappa shape index (κ1) is 56.2. The van der Waals surface area contributed by atoms with E-state index in [1.54, 1.807) is 17.6 Å². The molecule has 7 N–H and O–H groups in total. The number of anilines is 2. The Bertz CT molecular complexity index is 2980. The number of nitrogen functional groups attached to an aromatic ring is 2. The fraction of sp³-hybridized carbons (Fsp3) is 0.413. The van der Waals surface area contributed by atoms with Gasteiger partial charge in [0.1, 0.15) is 52.3 Å². The second-order valence-electron chi connectivity index (χ2n) is 22.1. The van der Waals surface area contributed by atoms with Crippen LogP contribution in [0.1, 0.15) is 122 Å². The quantitative estimate of drug-likeness (QED) is 0.0965. The lowest BCUT2D eigenvalue weighted by molar-refractivity contribution is 0.0141. The van der Waals surface area contributed by atoms with Gasteiger partial charge in [-0.2, -0.15) is 10.2 Å². The van der Waals surface area contributed by atoms with Crippen molar-refractivity contribution in [2.75, 3.05) is 50.7 Å². The number of rotatable bonds is 8. The van der Waals surface area contributed by atoms with Crippen molar-refractivity contribution in [2.45, 2.75) is 128 Å². The van der Waals surface area contributed by atoms with Crippen LogP contribution in [0.5, 0.6) is 23.0 Å². The van der Waals surface area contributed by atoms with Crippen LogP contribution in [0.15, 0.2) is 134 Å². The van der Waals surface area contributed by atoms with Crippen molar-refractivity contribution in [1.82, 2.24) is 50.0 Å². The molecular weight excluding hydrogens is 989 g/mol. The minimum atomic E-state index is -0.401. The fourth-order valence-corrected chi connectivity index (χ4v) is 10.9. The van der Waals surface area contributed by atoms with Crippen LogP contribution in [0.2, 0.25) is 0 Å². The number of nitrogens with zero attached hydrogens (tertiary/aromatic N) is 7. The Labute approximate surface area is 465 Å². The van der Waals surface area contributed by atoms with Gasteiger partial charge < -0.3 is 46.5 Å². The van der Waals surface area contributed by atoms with Gasteiger partial charge in [0.25, 0.3) is 0 Å². The number of nitrogens with one attached hydrogen (secondary N) is 3. The van der Waals surface area contributed by atoms with Crippen molar-refractivity contribution in [3.63, 3.8) is 0 Å². The highest BCUT2D eigenvalue weighted by atomic mass is 16.6. The smallest absolute Gasteiger partial charge is 0.410 e. The molecule has 16 nitrogen and oxygen atoms in total. The van der Waals surface area contributed by atoms with Crippen LogP contribution in [0.3, 0.4) is 0 Å². The van der Waals surface area contributed by atoms with E-state index in [1.165, 1.54) is 75.6 Å². The predicted molar refractivity (Wildman–Crippen MR) is 316 cm³/mol. The van der Waals surface area contributed by atoms with E-state index in [1.807, 2.05) is 122 Å². The topological polar surface area (TPSA) is 197 Å². The average Bonchev–Trinajstić information content (AvgIpc) is 4.07. The third-order valence-electron chi connectivity index (χ3n) is 14.9. The van der Waals surface area contributed by atoms with Crippen LogP contribution in [0.4, 0.5) is 16.4 Å². The van der Waals surface area contributed by atoms with Gasteiger partial charge in [0.05, 0.1) is 0 Å². The zero-order chi connectivity index (χ0) is 55.1. The maximum absolute atomic E-state index is 11.7. The molecule has 6 heterocycles. The number of fused-ring (bicyclic) bond motifs is 2. The molecule has 1 amide bonds. The highest BCUT2D eigenvalue weighted by molar-refractivity contribution is 5.89.